The van der Waals surface area contributed by atoms with Crippen molar-refractivity contribution in [1.29, 1.82) is 0 Å². The third-order valence-corrected chi connectivity index (χ3v) is 5.14. The molecule has 0 fully saturated rings. The lowest BCUT2D eigenvalue weighted by atomic mass is 9.99. The fourth-order valence-corrected chi connectivity index (χ4v) is 3.54. The first-order valence-corrected chi connectivity index (χ1v) is 9.26. The summed E-state index contributed by atoms with van der Waals surface area (Å²) in [6.45, 7) is 8.68. The lowest BCUT2D eigenvalue weighted by Crippen LogP contribution is -2.13. The molecule has 1 amide bonds. The van der Waals surface area contributed by atoms with Crippen LogP contribution in [-0.2, 0) is 17.8 Å². The van der Waals surface area contributed by atoms with Gasteiger partial charge in [-0.15, -0.1) is 10.2 Å². The SMILES string of the molecule is CCn1c(CCC(N)=O)nnc1SCC(=O)c1cc(C)c(C)cc1C. The smallest absolute Gasteiger partial charge is 0.217 e. The predicted molar refractivity (Wildman–Crippen MR) is 98.9 cm³/mol. The molecule has 6 nitrogen and oxygen atoms in total. The molecule has 7 heteroatoms. The van der Waals surface area contributed by atoms with Crippen LogP contribution in [0.25, 0.3) is 0 Å². The molecule has 2 N–H and O–H groups in total. The Hall–Kier alpha value is -2.15. The maximum atomic E-state index is 12.6. The molecule has 0 aliphatic carbocycles. The summed E-state index contributed by atoms with van der Waals surface area (Å²) in [6.07, 6.45) is 0.699. The number of primary amides is 1. The molecular formula is C18H24N4O2S. The van der Waals surface area contributed by atoms with Crippen LogP contribution in [0.4, 0.5) is 0 Å². The van der Waals surface area contributed by atoms with Gasteiger partial charge >= 0.3 is 0 Å². The summed E-state index contributed by atoms with van der Waals surface area (Å²) in [5.41, 5.74) is 9.24. The molecule has 0 saturated heterocycles. The van der Waals surface area contributed by atoms with E-state index in [1.807, 2.05) is 44.4 Å². The van der Waals surface area contributed by atoms with E-state index in [0.717, 1.165) is 22.5 Å². The summed E-state index contributed by atoms with van der Waals surface area (Å²) in [5.74, 6) is 0.742. The van der Waals surface area contributed by atoms with E-state index >= 15 is 0 Å². The number of rotatable bonds is 8. The third-order valence-electron chi connectivity index (χ3n) is 4.18. The molecule has 0 unspecified atom stereocenters. The Bertz CT molecular complexity index is 799. The number of ketones is 1. The Morgan fingerprint density at radius 3 is 2.44 bits per heavy atom. The van der Waals surface area contributed by atoms with E-state index in [2.05, 4.69) is 10.2 Å². The van der Waals surface area contributed by atoms with Gasteiger partial charge in [0.2, 0.25) is 5.91 Å². The molecule has 0 bridgehead atoms. The maximum Gasteiger partial charge on any atom is 0.217 e. The average molecular weight is 360 g/mol. The topological polar surface area (TPSA) is 90.9 Å². The van der Waals surface area contributed by atoms with Gasteiger partial charge in [0, 0.05) is 24.9 Å². The molecule has 1 aromatic carbocycles. The fourth-order valence-electron chi connectivity index (χ4n) is 2.63. The lowest BCUT2D eigenvalue weighted by Gasteiger charge is -2.09. The number of hydrogen-bond donors (Lipinski definition) is 1. The highest BCUT2D eigenvalue weighted by Gasteiger charge is 2.16. The van der Waals surface area contributed by atoms with Gasteiger partial charge in [-0.1, -0.05) is 17.8 Å². The Labute approximate surface area is 152 Å². The van der Waals surface area contributed by atoms with E-state index in [1.54, 1.807) is 0 Å². The number of carbonyl (C=O) groups is 2. The van der Waals surface area contributed by atoms with Gasteiger partial charge in [-0.05, 0) is 50.5 Å². The van der Waals surface area contributed by atoms with Crippen LogP contribution >= 0.6 is 11.8 Å². The molecule has 1 aromatic heterocycles. The standard InChI is InChI=1S/C18H24N4O2S/c1-5-22-17(7-6-16(19)24)20-21-18(22)25-10-15(23)14-9-12(3)11(2)8-13(14)4/h8-9H,5-7,10H2,1-4H3,(H2,19,24). The molecule has 2 rings (SSSR count). The summed E-state index contributed by atoms with van der Waals surface area (Å²) in [4.78, 5) is 23.5. The minimum absolute atomic E-state index is 0.0786. The van der Waals surface area contributed by atoms with Gasteiger partial charge in [-0.2, -0.15) is 0 Å². The Morgan fingerprint density at radius 2 is 1.80 bits per heavy atom. The number of nitrogens with zero attached hydrogens (tertiary/aromatic N) is 3. The van der Waals surface area contributed by atoms with Crippen LogP contribution < -0.4 is 5.73 Å². The highest BCUT2D eigenvalue weighted by Crippen LogP contribution is 2.22. The van der Waals surface area contributed by atoms with Gasteiger partial charge < -0.3 is 10.3 Å². The molecule has 2 aromatic rings. The first-order valence-electron chi connectivity index (χ1n) is 8.27. The second-order valence-electron chi connectivity index (χ2n) is 6.07. The zero-order valence-corrected chi connectivity index (χ0v) is 15.9. The van der Waals surface area contributed by atoms with Crippen LogP contribution in [-0.4, -0.2) is 32.2 Å². The summed E-state index contributed by atoms with van der Waals surface area (Å²) in [7, 11) is 0. The van der Waals surface area contributed by atoms with Gasteiger partial charge in [-0.25, -0.2) is 0 Å². The normalized spacial score (nSPS) is 10.9. The predicted octanol–water partition coefficient (Wildman–Crippen LogP) is 2.62. The molecule has 0 spiro atoms. The van der Waals surface area contributed by atoms with Gasteiger partial charge in [0.05, 0.1) is 5.75 Å². The monoisotopic (exact) mass is 360 g/mol. The summed E-state index contributed by atoms with van der Waals surface area (Å²) < 4.78 is 1.92. The van der Waals surface area contributed by atoms with E-state index in [-0.39, 0.29) is 18.1 Å². The Morgan fingerprint density at radius 1 is 1.12 bits per heavy atom. The molecule has 0 radical (unpaired) electrons. The minimum Gasteiger partial charge on any atom is -0.370 e. The van der Waals surface area contributed by atoms with Crippen molar-refractivity contribution in [3.63, 3.8) is 0 Å². The number of aryl methyl sites for hydroxylation is 4. The first-order chi connectivity index (χ1) is 11.8. The maximum absolute atomic E-state index is 12.6. The molecule has 1 heterocycles. The van der Waals surface area contributed by atoms with E-state index in [9.17, 15) is 9.59 Å². The van der Waals surface area contributed by atoms with Gasteiger partial charge in [0.25, 0.3) is 0 Å². The van der Waals surface area contributed by atoms with Crippen LogP contribution in [0.5, 0.6) is 0 Å². The molecule has 134 valence electrons. The van der Waals surface area contributed by atoms with Crippen molar-refractivity contribution >= 4 is 23.5 Å². The van der Waals surface area contributed by atoms with Crippen LogP contribution in [0.15, 0.2) is 17.3 Å². The number of hydrogen-bond acceptors (Lipinski definition) is 5. The van der Waals surface area contributed by atoms with Crippen LogP contribution in [0.2, 0.25) is 0 Å². The number of benzene rings is 1. The van der Waals surface area contributed by atoms with Crippen molar-refractivity contribution in [3.8, 4) is 0 Å². The number of nitrogens with two attached hydrogens (primary N) is 1. The van der Waals surface area contributed by atoms with Crippen molar-refractivity contribution < 1.29 is 9.59 Å². The van der Waals surface area contributed by atoms with Crippen LogP contribution in [0, 0.1) is 20.8 Å². The Balaban J connectivity index is 2.09. The molecule has 0 aliphatic rings. The zero-order chi connectivity index (χ0) is 18.6. The summed E-state index contributed by atoms with van der Waals surface area (Å²) in [5, 5.41) is 8.97. The van der Waals surface area contributed by atoms with Crippen molar-refractivity contribution in [1.82, 2.24) is 14.8 Å². The lowest BCUT2D eigenvalue weighted by molar-refractivity contribution is -0.118. The molecule has 25 heavy (non-hydrogen) atoms. The number of Topliss-reactive ketones (excluding diaryl/α,β-unsaturated/α-hetero) is 1. The van der Waals surface area contributed by atoms with Crippen molar-refractivity contribution in [2.75, 3.05) is 5.75 Å². The summed E-state index contributed by atoms with van der Waals surface area (Å²) in [6, 6.07) is 4.00. The average Bonchev–Trinajstić information content (AvgIpc) is 2.95. The second-order valence-corrected chi connectivity index (χ2v) is 7.02. The number of thioether (sulfide) groups is 1. The molecule has 0 atom stereocenters. The summed E-state index contributed by atoms with van der Waals surface area (Å²) >= 11 is 1.37. The zero-order valence-electron chi connectivity index (χ0n) is 15.1. The van der Waals surface area contributed by atoms with Gasteiger partial charge in [0.15, 0.2) is 10.9 Å². The fraction of sp³-hybridized carbons (Fsp3) is 0.444. The first kappa shape index (κ1) is 19.2. The number of aromatic nitrogens is 3. The quantitative estimate of drug-likeness (QED) is 0.577. The molecule has 0 saturated carbocycles. The highest BCUT2D eigenvalue weighted by atomic mass is 32.2. The second kappa shape index (κ2) is 8.29. The van der Waals surface area contributed by atoms with E-state index < -0.39 is 0 Å². The van der Waals surface area contributed by atoms with Crippen molar-refractivity contribution in [2.24, 2.45) is 5.73 Å². The van der Waals surface area contributed by atoms with Crippen molar-refractivity contribution in [3.05, 3.63) is 40.2 Å². The Kier molecular flexibility index (Phi) is 6.36. The third kappa shape index (κ3) is 4.69. The number of amides is 1. The van der Waals surface area contributed by atoms with Gasteiger partial charge in [0.1, 0.15) is 5.82 Å². The van der Waals surface area contributed by atoms with Crippen LogP contribution in [0.3, 0.4) is 0 Å². The van der Waals surface area contributed by atoms with E-state index in [0.29, 0.717) is 23.9 Å². The van der Waals surface area contributed by atoms with E-state index in [4.69, 9.17) is 5.73 Å². The number of carbonyl (C=O) groups excluding carboxylic acids is 2. The van der Waals surface area contributed by atoms with Crippen molar-refractivity contribution in [2.45, 2.75) is 52.2 Å². The minimum atomic E-state index is -0.361. The van der Waals surface area contributed by atoms with Crippen LogP contribution in [0.1, 0.15) is 46.2 Å². The molecular weight excluding hydrogens is 336 g/mol. The molecule has 0 aliphatic heterocycles. The highest BCUT2D eigenvalue weighted by molar-refractivity contribution is 7.99. The largest absolute Gasteiger partial charge is 0.370 e. The van der Waals surface area contributed by atoms with Gasteiger partial charge in [-0.3, -0.25) is 9.59 Å². The van der Waals surface area contributed by atoms with E-state index in [1.165, 1.54) is 17.3 Å².